The Kier molecular flexibility index (Phi) is 28.3. The first-order valence-electron chi connectivity index (χ1n) is 28.9. The Hall–Kier alpha value is -4.56. The zero-order valence-corrected chi connectivity index (χ0v) is 47.2. The molecule has 0 aromatic heterocycles. The number of phenolic OH excluding ortho intramolecular Hbond substituents is 1. The van der Waals surface area contributed by atoms with Crippen LogP contribution in [0.3, 0.4) is 0 Å². The van der Waals surface area contributed by atoms with Crippen LogP contribution in [0.4, 0.5) is 0 Å². The molecule has 6 amide bonds. The maximum atomic E-state index is 14.8. The molecule has 16 N–H and O–H groups in total. The van der Waals surface area contributed by atoms with E-state index in [0.29, 0.717) is 18.8 Å². The number of hydrogen-bond acceptors (Lipinski definition) is 17. The van der Waals surface area contributed by atoms with Crippen LogP contribution in [-0.4, -0.2) is 192 Å². The highest BCUT2D eigenvalue weighted by Crippen LogP contribution is 2.32. The van der Waals surface area contributed by atoms with Gasteiger partial charge in [0.05, 0.1) is 36.9 Å². The average molecular weight is 1120 g/mol. The number of unbranched alkanes of at least 4 members (excludes halogenated alkanes) is 5. The third-order valence-electron chi connectivity index (χ3n) is 16.2. The van der Waals surface area contributed by atoms with Gasteiger partial charge in [-0.2, -0.15) is 0 Å². The zero-order chi connectivity index (χ0) is 58.5. The van der Waals surface area contributed by atoms with Crippen LogP contribution in [0.1, 0.15) is 155 Å². The largest absolute Gasteiger partial charge is 0.508 e. The Morgan fingerprint density at radius 1 is 0.747 bits per heavy atom. The van der Waals surface area contributed by atoms with Gasteiger partial charge in [0, 0.05) is 38.5 Å². The van der Waals surface area contributed by atoms with Crippen LogP contribution in [0.15, 0.2) is 24.3 Å². The number of benzene rings is 1. The van der Waals surface area contributed by atoms with E-state index < -0.39 is 121 Å². The van der Waals surface area contributed by atoms with Crippen molar-refractivity contribution in [2.24, 2.45) is 35.1 Å². The number of fused-ring (bicyclic) bond motifs is 2. The highest BCUT2D eigenvalue weighted by Gasteiger charge is 2.49. The van der Waals surface area contributed by atoms with Gasteiger partial charge < -0.3 is 88.1 Å². The van der Waals surface area contributed by atoms with Gasteiger partial charge in [-0.3, -0.25) is 28.8 Å². The summed E-state index contributed by atoms with van der Waals surface area (Å²) in [6.45, 7) is 8.97. The third-order valence-corrected chi connectivity index (χ3v) is 16.2. The van der Waals surface area contributed by atoms with E-state index in [1.165, 1.54) is 50.5 Å². The molecule has 1 aromatic carbocycles. The van der Waals surface area contributed by atoms with E-state index in [1.807, 2.05) is 0 Å². The van der Waals surface area contributed by atoms with E-state index in [1.54, 1.807) is 6.92 Å². The average Bonchev–Trinajstić information content (AvgIpc) is 4.04. The van der Waals surface area contributed by atoms with E-state index in [4.69, 9.17) is 16.2 Å². The summed E-state index contributed by atoms with van der Waals surface area (Å²) in [5.74, 6) is -6.10. The van der Waals surface area contributed by atoms with Crippen molar-refractivity contribution in [1.82, 2.24) is 31.1 Å². The molecule has 0 aliphatic carbocycles. The quantitative estimate of drug-likeness (QED) is 0.0608. The monoisotopic (exact) mass is 1120 g/mol. The molecule has 17 unspecified atom stereocenters. The van der Waals surface area contributed by atoms with Gasteiger partial charge in [-0.05, 0) is 93.9 Å². The molecule has 4 rings (SSSR count). The fourth-order valence-corrected chi connectivity index (χ4v) is 11.5. The van der Waals surface area contributed by atoms with Crippen molar-refractivity contribution in [3.8, 4) is 5.75 Å². The zero-order valence-electron chi connectivity index (χ0n) is 47.2. The summed E-state index contributed by atoms with van der Waals surface area (Å²) >= 11 is 0. The second kappa shape index (κ2) is 33.4. The number of aliphatic hydroxyl groups excluding tert-OH is 7. The van der Waals surface area contributed by atoms with Crippen LogP contribution in [0.25, 0.3) is 0 Å². The molecule has 0 bridgehead atoms. The number of aromatic hydroxyl groups is 1. The van der Waals surface area contributed by atoms with Gasteiger partial charge >= 0.3 is 0 Å². The fourth-order valence-electron chi connectivity index (χ4n) is 11.5. The molecule has 3 aliphatic rings. The predicted octanol–water partition coefficient (Wildman–Crippen LogP) is 0.0529. The van der Waals surface area contributed by atoms with Crippen molar-refractivity contribution in [2.75, 3.05) is 32.8 Å². The first-order valence-corrected chi connectivity index (χ1v) is 28.9. The lowest BCUT2D eigenvalue weighted by Gasteiger charge is -2.36. The van der Waals surface area contributed by atoms with Crippen molar-refractivity contribution < 1.29 is 74.4 Å². The third kappa shape index (κ3) is 19.8. The van der Waals surface area contributed by atoms with Gasteiger partial charge in [-0.15, -0.1) is 0 Å². The molecule has 0 saturated carbocycles. The van der Waals surface area contributed by atoms with Crippen LogP contribution in [0, 0.1) is 23.7 Å². The van der Waals surface area contributed by atoms with Gasteiger partial charge in [0.25, 0.3) is 0 Å². The molecule has 1 aromatic rings. The van der Waals surface area contributed by atoms with Crippen LogP contribution >= 0.6 is 0 Å². The van der Waals surface area contributed by atoms with E-state index in [9.17, 15) is 69.6 Å². The molecular formula is C56H96N8O15. The Bertz CT molecular complexity index is 2060. The maximum absolute atomic E-state index is 14.8. The molecule has 450 valence electrons. The van der Waals surface area contributed by atoms with Crippen LogP contribution < -0.4 is 32.7 Å². The number of aliphatic hydroxyl groups is 7. The van der Waals surface area contributed by atoms with E-state index in [0.717, 1.165) is 47.8 Å². The van der Waals surface area contributed by atoms with E-state index in [-0.39, 0.29) is 95.0 Å². The Balaban J connectivity index is 1.73. The first kappa shape index (κ1) is 66.9. The van der Waals surface area contributed by atoms with Crippen LogP contribution in [0.5, 0.6) is 5.75 Å². The Morgan fingerprint density at radius 3 is 2.04 bits per heavy atom. The Labute approximate surface area is 465 Å². The SMILES string of the molecule is CCC(C)CC(C)CCCCCCCCC(=O)NC1CCC(CC)C(C(C)O)C(=O)N2CC(O)CC2C(=O)NC(C(O)C(O)c2ccc(O)cc2)C(=O)NC(C(O)CCN)C(=O)N2CCC(O)C2C(=O)NC(OCCN)C(O)C1. The van der Waals surface area contributed by atoms with Gasteiger partial charge in [0.1, 0.15) is 48.2 Å². The van der Waals surface area contributed by atoms with Gasteiger partial charge in [0.2, 0.25) is 35.4 Å². The molecule has 17 atom stereocenters. The molecule has 79 heavy (non-hydrogen) atoms. The Morgan fingerprint density at radius 2 is 1.41 bits per heavy atom. The molecule has 0 spiro atoms. The van der Waals surface area contributed by atoms with Crippen LogP contribution in [-0.2, 0) is 33.5 Å². The fraction of sp³-hybridized carbons (Fsp3) is 0.786. The molecule has 23 nitrogen and oxygen atoms in total. The molecular weight excluding hydrogens is 1020 g/mol. The summed E-state index contributed by atoms with van der Waals surface area (Å²) in [7, 11) is 0. The standard InChI is InChI=1S/C56H96N8O15/c1-6-32(3)28-33(4)14-12-10-8-9-11-13-15-44(71)59-37-19-16-35(7-2)45(34(5)65)55(77)64-31-39(67)30-40(64)51(74)61-47(50(73)49(72)36-17-20-38(66)21-18-36)52(75)60-46(41(68)22-24-57)56(78)63-26-23-42(69)48(63)53(76)62-54(43(70)29-37)79-27-25-58/h17-18,20-21,32-35,37,39-43,45-50,54,65-70,72-73H,6-16,19,22-31,57-58H2,1-5H3,(H,59,71)(H,60,75)(H,61,74)(H,62,76). The van der Waals surface area contributed by atoms with Crippen molar-refractivity contribution in [2.45, 2.75) is 223 Å². The number of ether oxygens (including phenoxy) is 1. The second-order valence-corrected chi connectivity index (χ2v) is 22.6. The summed E-state index contributed by atoms with van der Waals surface area (Å²) in [5.41, 5.74) is 11.6. The highest BCUT2D eigenvalue weighted by molar-refractivity contribution is 5.97. The lowest BCUT2D eigenvalue weighted by atomic mass is 9.80. The van der Waals surface area contributed by atoms with Crippen molar-refractivity contribution in [3.05, 3.63) is 29.8 Å². The molecule has 0 radical (unpaired) electrons. The highest BCUT2D eigenvalue weighted by atomic mass is 16.5. The van der Waals surface area contributed by atoms with Crippen LogP contribution in [0.2, 0.25) is 0 Å². The number of hydrogen-bond donors (Lipinski definition) is 14. The molecule has 3 aliphatic heterocycles. The number of nitrogens with zero attached hydrogens (tertiary/aromatic N) is 2. The maximum Gasteiger partial charge on any atom is 0.248 e. The minimum absolute atomic E-state index is 0.0192. The topological polar surface area (TPSA) is 380 Å². The second-order valence-electron chi connectivity index (χ2n) is 22.6. The predicted molar refractivity (Wildman–Crippen MR) is 293 cm³/mol. The van der Waals surface area contributed by atoms with E-state index >= 15 is 0 Å². The van der Waals surface area contributed by atoms with Gasteiger partial charge in [0.15, 0.2) is 6.23 Å². The normalized spacial score (nSPS) is 29.4. The van der Waals surface area contributed by atoms with E-state index in [2.05, 4.69) is 42.0 Å². The molecule has 3 fully saturated rings. The molecule has 3 saturated heterocycles. The summed E-state index contributed by atoms with van der Waals surface area (Å²) in [6.07, 6.45) is -3.94. The number of rotatable bonds is 24. The number of amides is 6. The minimum atomic E-state index is -2.22. The number of nitrogens with one attached hydrogen (secondary N) is 4. The number of carbonyl (C=O) groups is 6. The summed E-state index contributed by atoms with van der Waals surface area (Å²) in [5, 5.41) is 101. The summed E-state index contributed by atoms with van der Waals surface area (Å²) < 4.78 is 5.88. The minimum Gasteiger partial charge on any atom is -0.508 e. The van der Waals surface area contributed by atoms with Crippen molar-refractivity contribution >= 4 is 35.4 Å². The summed E-state index contributed by atoms with van der Waals surface area (Å²) in [6, 6.07) is -3.22. The number of nitrogens with two attached hydrogens (primary N) is 2. The summed E-state index contributed by atoms with van der Waals surface area (Å²) in [4.78, 5) is 88.7. The molecule has 3 heterocycles. The van der Waals surface area contributed by atoms with Gasteiger partial charge in [-0.25, -0.2) is 0 Å². The molecule has 23 heteroatoms. The van der Waals surface area contributed by atoms with Gasteiger partial charge in [-0.1, -0.05) is 91.2 Å². The number of phenols is 1. The lowest BCUT2D eigenvalue weighted by molar-refractivity contribution is -0.150. The smallest absolute Gasteiger partial charge is 0.248 e. The first-order chi connectivity index (χ1) is 37.6. The van der Waals surface area contributed by atoms with Crippen molar-refractivity contribution in [3.63, 3.8) is 0 Å². The lowest BCUT2D eigenvalue weighted by Crippen LogP contribution is -2.64. The van der Waals surface area contributed by atoms with Crippen molar-refractivity contribution in [1.29, 1.82) is 0 Å². The number of carbonyl (C=O) groups excluding carboxylic acids is 6.